The van der Waals surface area contributed by atoms with E-state index in [2.05, 4.69) is 24.4 Å². The Morgan fingerprint density at radius 3 is 2.54 bits per heavy atom. The molecule has 1 saturated heterocycles. The summed E-state index contributed by atoms with van der Waals surface area (Å²) >= 11 is 0. The van der Waals surface area contributed by atoms with E-state index in [0.717, 1.165) is 42.4 Å². The van der Waals surface area contributed by atoms with Crippen LogP contribution in [0.3, 0.4) is 0 Å². The molecule has 0 bridgehead atoms. The van der Waals surface area contributed by atoms with Crippen molar-refractivity contribution in [3.8, 4) is 0 Å². The van der Waals surface area contributed by atoms with Gasteiger partial charge in [0.25, 0.3) is 0 Å². The molecular weight excluding hydrogens is 324 g/mol. The number of nitrogens with zero attached hydrogens (tertiary/aromatic N) is 1. The second kappa shape index (κ2) is 6.17. The van der Waals surface area contributed by atoms with Gasteiger partial charge in [0.05, 0.1) is 11.3 Å². The number of rotatable bonds is 5. The predicted molar refractivity (Wildman–Crippen MR) is 94.3 cm³/mol. The summed E-state index contributed by atoms with van der Waals surface area (Å²) in [5.41, 5.74) is 0.909. The minimum absolute atomic E-state index is 0.100. The number of nitrogens with one attached hydrogen (secondary N) is 1. The molecular formula is C18H24N2O3S. The molecule has 1 aromatic carbocycles. The second-order valence-electron chi connectivity index (χ2n) is 6.99. The lowest BCUT2D eigenvalue weighted by molar-refractivity contribution is 0.269. The standard InChI is InChI=1S/C18H24N2O3S/c1-13(18-12-14-4-2-3-5-17(14)23-18)19-15-8-10-20(11-9-15)24(21,22)16-6-7-16/h2-5,12-13,15-16,19H,6-11H2,1H3. The van der Waals surface area contributed by atoms with Crippen molar-refractivity contribution in [1.29, 1.82) is 0 Å². The Morgan fingerprint density at radius 1 is 1.17 bits per heavy atom. The molecule has 5 nitrogen and oxygen atoms in total. The molecule has 0 spiro atoms. The fraction of sp³-hybridized carbons (Fsp3) is 0.556. The highest BCUT2D eigenvalue weighted by atomic mass is 32.2. The number of benzene rings is 1. The molecule has 1 saturated carbocycles. The van der Waals surface area contributed by atoms with E-state index < -0.39 is 10.0 Å². The second-order valence-corrected chi connectivity index (χ2v) is 9.21. The number of hydrogen-bond acceptors (Lipinski definition) is 4. The molecule has 2 heterocycles. The van der Waals surface area contributed by atoms with E-state index >= 15 is 0 Å². The van der Waals surface area contributed by atoms with Crippen LogP contribution in [0.2, 0.25) is 0 Å². The van der Waals surface area contributed by atoms with Crippen LogP contribution < -0.4 is 5.32 Å². The summed E-state index contributed by atoms with van der Waals surface area (Å²) in [4.78, 5) is 0. The third kappa shape index (κ3) is 3.10. The van der Waals surface area contributed by atoms with Crippen LogP contribution in [0.5, 0.6) is 0 Å². The van der Waals surface area contributed by atoms with Gasteiger partial charge in [-0.15, -0.1) is 0 Å². The number of furan rings is 1. The van der Waals surface area contributed by atoms with Gasteiger partial charge in [-0.05, 0) is 44.7 Å². The maximum absolute atomic E-state index is 12.3. The van der Waals surface area contributed by atoms with Crippen molar-refractivity contribution in [2.75, 3.05) is 13.1 Å². The lowest BCUT2D eigenvalue weighted by Crippen LogP contribution is -2.46. The van der Waals surface area contributed by atoms with Crippen LogP contribution in [-0.2, 0) is 10.0 Å². The molecule has 1 N–H and O–H groups in total. The first-order valence-corrected chi connectivity index (χ1v) is 10.3. The van der Waals surface area contributed by atoms with Gasteiger partial charge in [-0.3, -0.25) is 0 Å². The Morgan fingerprint density at radius 2 is 1.88 bits per heavy atom. The Labute approximate surface area is 143 Å². The van der Waals surface area contributed by atoms with E-state index in [9.17, 15) is 8.42 Å². The fourth-order valence-electron chi connectivity index (χ4n) is 3.51. The van der Waals surface area contributed by atoms with E-state index in [4.69, 9.17) is 4.42 Å². The maximum Gasteiger partial charge on any atom is 0.216 e. The summed E-state index contributed by atoms with van der Waals surface area (Å²) < 4.78 is 32.2. The molecule has 2 aromatic rings. The lowest BCUT2D eigenvalue weighted by Gasteiger charge is -2.33. The third-order valence-electron chi connectivity index (χ3n) is 5.12. The summed E-state index contributed by atoms with van der Waals surface area (Å²) in [7, 11) is -3.02. The zero-order valence-corrected chi connectivity index (χ0v) is 14.8. The SMILES string of the molecule is CC(NC1CCN(S(=O)(=O)C2CC2)CC1)c1cc2ccccc2o1. The number of piperidine rings is 1. The highest BCUT2D eigenvalue weighted by molar-refractivity contribution is 7.90. The molecule has 2 fully saturated rings. The van der Waals surface area contributed by atoms with Crippen molar-refractivity contribution in [2.45, 2.75) is 49.9 Å². The van der Waals surface area contributed by atoms with E-state index in [0.29, 0.717) is 19.1 Å². The molecule has 130 valence electrons. The van der Waals surface area contributed by atoms with Crippen LogP contribution in [-0.4, -0.2) is 37.1 Å². The van der Waals surface area contributed by atoms with Gasteiger partial charge in [0.1, 0.15) is 11.3 Å². The number of sulfonamides is 1. The van der Waals surface area contributed by atoms with Crippen molar-refractivity contribution in [1.82, 2.24) is 9.62 Å². The normalized spacial score (nSPS) is 22.0. The van der Waals surface area contributed by atoms with Gasteiger partial charge in [-0.2, -0.15) is 0 Å². The van der Waals surface area contributed by atoms with Gasteiger partial charge in [0.2, 0.25) is 10.0 Å². The predicted octanol–water partition coefficient (Wildman–Crippen LogP) is 3.04. The molecule has 24 heavy (non-hydrogen) atoms. The van der Waals surface area contributed by atoms with Crippen LogP contribution in [0.15, 0.2) is 34.7 Å². The smallest absolute Gasteiger partial charge is 0.216 e. The summed E-state index contributed by atoms with van der Waals surface area (Å²) in [6.45, 7) is 3.36. The molecule has 1 unspecified atom stereocenters. The Kier molecular flexibility index (Phi) is 4.14. The van der Waals surface area contributed by atoms with Crippen LogP contribution >= 0.6 is 0 Å². The molecule has 2 aliphatic rings. The molecule has 0 amide bonds. The average molecular weight is 348 g/mol. The van der Waals surface area contributed by atoms with E-state index in [1.54, 1.807) is 4.31 Å². The zero-order valence-electron chi connectivity index (χ0n) is 13.9. The topological polar surface area (TPSA) is 62.6 Å². The van der Waals surface area contributed by atoms with Gasteiger partial charge in [-0.1, -0.05) is 18.2 Å². The fourth-order valence-corrected chi connectivity index (χ4v) is 5.38. The quantitative estimate of drug-likeness (QED) is 0.902. The Balaban J connectivity index is 1.36. The van der Waals surface area contributed by atoms with Crippen LogP contribution in [0.4, 0.5) is 0 Å². The van der Waals surface area contributed by atoms with Crippen molar-refractivity contribution < 1.29 is 12.8 Å². The monoisotopic (exact) mass is 348 g/mol. The van der Waals surface area contributed by atoms with Crippen LogP contribution in [0.25, 0.3) is 11.0 Å². The van der Waals surface area contributed by atoms with Crippen molar-refractivity contribution in [2.24, 2.45) is 0 Å². The summed E-state index contributed by atoms with van der Waals surface area (Å²) in [6, 6.07) is 10.6. The minimum Gasteiger partial charge on any atom is -0.459 e. The van der Waals surface area contributed by atoms with Crippen LogP contribution in [0.1, 0.15) is 44.4 Å². The highest BCUT2D eigenvalue weighted by Gasteiger charge is 2.41. The lowest BCUT2D eigenvalue weighted by atomic mass is 10.1. The summed E-state index contributed by atoms with van der Waals surface area (Å²) in [5, 5.41) is 4.61. The Bertz CT molecular complexity index is 785. The van der Waals surface area contributed by atoms with Gasteiger partial charge in [-0.25, -0.2) is 12.7 Å². The maximum atomic E-state index is 12.3. The van der Waals surface area contributed by atoms with E-state index in [1.807, 2.05) is 18.2 Å². The van der Waals surface area contributed by atoms with Crippen molar-refractivity contribution >= 4 is 21.0 Å². The molecule has 4 rings (SSSR count). The number of fused-ring (bicyclic) bond motifs is 1. The van der Waals surface area contributed by atoms with E-state index in [1.165, 1.54) is 0 Å². The van der Waals surface area contributed by atoms with Gasteiger partial charge >= 0.3 is 0 Å². The minimum atomic E-state index is -3.02. The number of para-hydroxylation sites is 1. The van der Waals surface area contributed by atoms with Crippen molar-refractivity contribution in [3.63, 3.8) is 0 Å². The van der Waals surface area contributed by atoms with Gasteiger partial charge < -0.3 is 9.73 Å². The summed E-state index contributed by atoms with van der Waals surface area (Å²) in [6.07, 6.45) is 3.39. The van der Waals surface area contributed by atoms with Crippen molar-refractivity contribution in [3.05, 3.63) is 36.1 Å². The van der Waals surface area contributed by atoms with Gasteiger partial charge in [0, 0.05) is 24.5 Å². The third-order valence-corrected chi connectivity index (χ3v) is 7.52. The highest BCUT2D eigenvalue weighted by Crippen LogP contribution is 2.32. The molecule has 1 aliphatic carbocycles. The largest absolute Gasteiger partial charge is 0.459 e. The molecule has 1 atom stereocenters. The molecule has 6 heteroatoms. The first-order chi connectivity index (χ1) is 11.5. The molecule has 1 aromatic heterocycles. The molecule has 0 radical (unpaired) electrons. The van der Waals surface area contributed by atoms with E-state index in [-0.39, 0.29) is 11.3 Å². The average Bonchev–Trinajstić information content (AvgIpc) is 3.35. The summed E-state index contributed by atoms with van der Waals surface area (Å²) in [5.74, 6) is 0.934. The Hall–Kier alpha value is -1.37. The first kappa shape index (κ1) is 16.1. The van der Waals surface area contributed by atoms with Gasteiger partial charge in [0.15, 0.2) is 0 Å². The zero-order chi connectivity index (χ0) is 16.7. The molecule has 1 aliphatic heterocycles. The van der Waals surface area contributed by atoms with Crippen LogP contribution in [0, 0.1) is 0 Å². The number of hydrogen-bond donors (Lipinski definition) is 1. The first-order valence-electron chi connectivity index (χ1n) is 8.77.